The molecule has 0 saturated heterocycles. The van der Waals surface area contributed by atoms with Crippen molar-refractivity contribution in [1.29, 1.82) is 0 Å². The Morgan fingerprint density at radius 1 is 1.00 bits per heavy atom. The minimum atomic E-state index is -0.257. The van der Waals surface area contributed by atoms with E-state index in [-0.39, 0.29) is 5.91 Å². The minimum absolute atomic E-state index is 0.257. The number of carbonyl (C=O) groups excluding carboxylic acids is 1. The highest BCUT2D eigenvalue weighted by atomic mass is 35.5. The summed E-state index contributed by atoms with van der Waals surface area (Å²) < 4.78 is 5.10. The standard InChI is InChI=1S/C21H20ClN3O2/c1-27-19-9-6-17(7-10-19)25-21(26)20-11-8-18(14-24-20)23-13-12-15-2-4-16(22)5-3-15/h2-11,14,23H,12-13H2,1H3,(H,25,26). The van der Waals surface area contributed by atoms with Crippen LogP contribution in [-0.4, -0.2) is 24.5 Å². The van der Waals surface area contributed by atoms with Crippen molar-refractivity contribution in [2.45, 2.75) is 6.42 Å². The molecule has 0 atom stereocenters. The molecule has 0 aliphatic rings. The molecule has 1 aromatic heterocycles. The van der Waals surface area contributed by atoms with Crippen LogP contribution >= 0.6 is 11.6 Å². The Balaban J connectivity index is 1.51. The van der Waals surface area contributed by atoms with Crippen LogP contribution in [0, 0.1) is 0 Å². The lowest BCUT2D eigenvalue weighted by atomic mass is 10.1. The van der Waals surface area contributed by atoms with Gasteiger partial charge in [0.15, 0.2) is 0 Å². The number of aromatic nitrogens is 1. The number of ether oxygens (including phenoxy) is 1. The molecule has 138 valence electrons. The number of benzene rings is 2. The first-order valence-electron chi connectivity index (χ1n) is 8.54. The average Bonchev–Trinajstić information content (AvgIpc) is 2.70. The number of hydrogen-bond acceptors (Lipinski definition) is 4. The number of halogens is 1. The first-order chi connectivity index (χ1) is 13.1. The van der Waals surface area contributed by atoms with Gasteiger partial charge < -0.3 is 15.4 Å². The van der Waals surface area contributed by atoms with E-state index >= 15 is 0 Å². The van der Waals surface area contributed by atoms with Gasteiger partial charge in [0.05, 0.1) is 19.0 Å². The Morgan fingerprint density at radius 3 is 2.33 bits per heavy atom. The van der Waals surface area contributed by atoms with Gasteiger partial charge in [-0.15, -0.1) is 0 Å². The summed E-state index contributed by atoms with van der Waals surface area (Å²) in [4.78, 5) is 16.5. The minimum Gasteiger partial charge on any atom is -0.497 e. The molecular weight excluding hydrogens is 362 g/mol. The molecule has 0 spiro atoms. The van der Waals surface area contributed by atoms with Gasteiger partial charge in [-0.25, -0.2) is 4.98 Å². The van der Waals surface area contributed by atoms with Crippen LogP contribution in [0.15, 0.2) is 66.9 Å². The molecule has 1 heterocycles. The summed E-state index contributed by atoms with van der Waals surface area (Å²) in [7, 11) is 1.60. The van der Waals surface area contributed by atoms with Crippen molar-refractivity contribution < 1.29 is 9.53 Å². The van der Waals surface area contributed by atoms with Crippen LogP contribution in [0.2, 0.25) is 5.02 Å². The average molecular weight is 382 g/mol. The third kappa shape index (κ3) is 5.46. The van der Waals surface area contributed by atoms with E-state index in [4.69, 9.17) is 16.3 Å². The van der Waals surface area contributed by atoms with Crippen LogP contribution in [0.3, 0.4) is 0 Å². The maximum Gasteiger partial charge on any atom is 0.274 e. The van der Waals surface area contributed by atoms with Crippen molar-refractivity contribution in [3.05, 3.63) is 83.1 Å². The Kier molecular flexibility index (Phi) is 6.28. The third-order valence-electron chi connectivity index (χ3n) is 4.00. The molecule has 0 saturated carbocycles. The molecule has 0 bridgehead atoms. The van der Waals surface area contributed by atoms with Crippen LogP contribution in [0.5, 0.6) is 5.75 Å². The second-order valence-electron chi connectivity index (χ2n) is 5.92. The smallest absolute Gasteiger partial charge is 0.274 e. The molecule has 3 rings (SSSR count). The van der Waals surface area contributed by atoms with E-state index in [2.05, 4.69) is 15.6 Å². The second kappa shape index (κ2) is 9.05. The molecule has 27 heavy (non-hydrogen) atoms. The topological polar surface area (TPSA) is 63.2 Å². The van der Waals surface area contributed by atoms with Gasteiger partial charge in [-0.3, -0.25) is 4.79 Å². The zero-order valence-electron chi connectivity index (χ0n) is 14.9. The van der Waals surface area contributed by atoms with E-state index in [1.807, 2.05) is 30.3 Å². The Bertz CT molecular complexity index is 879. The van der Waals surface area contributed by atoms with Gasteiger partial charge in [-0.2, -0.15) is 0 Å². The first kappa shape index (κ1) is 18.7. The van der Waals surface area contributed by atoms with E-state index in [0.717, 1.165) is 29.4 Å². The maximum atomic E-state index is 12.3. The number of rotatable bonds is 7. The fourth-order valence-electron chi connectivity index (χ4n) is 2.50. The van der Waals surface area contributed by atoms with E-state index in [1.54, 1.807) is 43.6 Å². The molecule has 6 heteroatoms. The van der Waals surface area contributed by atoms with Gasteiger partial charge in [-0.1, -0.05) is 23.7 Å². The third-order valence-corrected chi connectivity index (χ3v) is 4.25. The molecule has 0 aliphatic carbocycles. The highest BCUT2D eigenvalue weighted by Gasteiger charge is 2.08. The summed E-state index contributed by atoms with van der Waals surface area (Å²) in [5.74, 6) is 0.480. The van der Waals surface area contributed by atoms with E-state index in [9.17, 15) is 4.79 Å². The molecule has 5 nitrogen and oxygen atoms in total. The van der Waals surface area contributed by atoms with Gasteiger partial charge in [0.2, 0.25) is 0 Å². The summed E-state index contributed by atoms with van der Waals surface area (Å²) in [5, 5.41) is 6.84. The van der Waals surface area contributed by atoms with Crippen molar-refractivity contribution in [3.8, 4) is 5.75 Å². The number of carbonyl (C=O) groups is 1. The van der Waals surface area contributed by atoms with Gasteiger partial charge in [0, 0.05) is 17.3 Å². The van der Waals surface area contributed by atoms with Gasteiger partial charge in [0.25, 0.3) is 5.91 Å². The second-order valence-corrected chi connectivity index (χ2v) is 6.35. The van der Waals surface area contributed by atoms with Crippen molar-refractivity contribution in [2.24, 2.45) is 0 Å². The number of nitrogens with zero attached hydrogens (tertiary/aromatic N) is 1. The number of nitrogens with one attached hydrogen (secondary N) is 2. The van der Waals surface area contributed by atoms with Crippen molar-refractivity contribution in [2.75, 3.05) is 24.3 Å². The fourth-order valence-corrected chi connectivity index (χ4v) is 2.63. The van der Waals surface area contributed by atoms with E-state index < -0.39 is 0 Å². The lowest BCUT2D eigenvalue weighted by molar-refractivity contribution is 0.102. The summed E-state index contributed by atoms with van der Waals surface area (Å²) in [6, 6.07) is 18.5. The zero-order valence-corrected chi connectivity index (χ0v) is 15.7. The summed E-state index contributed by atoms with van der Waals surface area (Å²) in [5.41, 5.74) is 3.11. The summed E-state index contributed by atoms with van der Waals surface area (Å²) >= 11 is 5.88. The molecule has 0 radical (unpaired) electrons. The normalized spacial score (nSPS) is 10.3. The van der Waals surface area contributed by atoms with Crippen LogP contribution in [0.1, 0.15) is 16.1 Å². The summed E-state index contributed by atoms with van der Waals surface area (Å²) in [6.45, 7) is 0.765. The highest BCUT2D eigenvalue weighted by molar-refractivity contribution is 6.30. The van der Waals surface area contributed by atoms with Crippen molar-refractivity contribution >= 4 is 28.9 Å². The van der Waals surface area contributed by atoms with E-state index in [0.29, 0.717) is 11.4 Å². The molecule has 0 unspecified atom stereocenters. The fraction of sp³-hybridized carbons (Fsp3) is 0.143. The Morgan fingerprint density at radius 2 is 1.70 bits per heavy atom. The first-order valence-corrected chi connectivity index (χ1v) is 8.91. The van der Waals surface area contributed by atoms with Crippen LogP contribution in [0.4, 0.5) is 11.4 Å². The quantitative estimate of drug-likeness (QED) is 0.625. The number of hydrogen-bond donors (Lipinski definition) is 2. The Labute approximate surface area is 163 Å². The lowest BCUT2D eigenvalue weighted by Crippen LogP contribution is -2.14. The monoisotopic (exact) mass is 381 g/mol. The predicted molar refractivity (Wildman–Crippen MR) is 109 cm³/mol. The molecule has 2 N–H and O–H groups in total. The largest absolute Gasteiger partial charge is 0.497 e. The molecule has 0 fully saturated rings. The highest BCUT2D eigenvalue weighted by Crippen LogP contribution is 2.16. The maximum absolute atomic E-state index is 12.3. The Hall–Kier alpha value is -3.05. The van der Waals surface area contributed by atoms with Crippen LogP contribution in [-0.2, 0) is 6.42 Å². The number of methoxy groups -OCH3 is 1. The molecule has 1 amide bonds. The van der Waals surface area contributed by atoms with E-state index in [1.165, 1.54) is 5.56 Å². The van der Waals surface area contributed by atoms with Gasteiger partial charge in [-0.05, 0) is 60.5 Å². The van der Waals surface area contributed by atoms with Crippen LogP contribution < -0.4 is 15.4 Å². The SMILES string of the molecule is COc1ccc(NC(=O)c2ccc(NCCc3ccc(Cl)cc3)cn2)cc1. The van der Waals surface area contributed by atoms with Crippen LogP contribution in [0.25, 0.3) is 0 Å². The summed E-state index contributed by atoms with van der Waals surface area (Å²) in [6.07, 6.45) is 2.53. The number of pyridine rings is 1. The lowest BCUT2D eigenvalue weighted by Gasteiger charge is -2.08. The molecular formula is C21H20ClN3O2. The molecule has 3 aromatic rings. The number of anilines is 2. The van der Waals surface area contributed by atoms with Gasteiger partial charge >= 0.3 is 0 Å². The molecule has 0 aliphatic heterocycles. The zero-order chi connectivity index (χ0) is 19.1. The van der Waals surface area contributed by atoms with Gasteiger partial charge in [0.1, 0.15) is 11.4 Å². The number of amides is 1. The molecule has 2 aromatic carbocycles. The van der Waals surface area contributed by atoms with Crippen molar-refractivity contribution in [3.63, 3.8) is 0 Å². The van der Waals surface area contributed by atoms with Crippen molar-refractivity contribution in [1.82, 2.24) is 4.98 Å². The predicted octanol–water partition coefficient (Wildman–Crippen LogP) is 4.65.